The molecule has 2 amide bonds. The molecule has 3 fully saturated rings. The van der Waals surface area contributed by atoms with E-state index in [0.717, 1.165) is 25.0 Å². The summed E-state index contributed by atoms with van der Waals surface area (Å²) in [6.45, 7) is 9.33. The van der Waals surface area contributed by atoms with Gasteiger partial charge in [0.15, 0.2) is 17.4 Å². The fraction of sp³-hybridized carbons (Fsp3) is 0.651. The number of benzene rings is 1. The van der Waals surface area contributed by atoms with Crippen molar-refractivity contribution in [3.8, 4) is 5.75 Å². The second-order valence-corrected chi connectivity index (χ2v) is 20.6. The molecule has 0 unspecified atom stereocenters. The molecule has 3 aliphatic heterocycles. The minimum Gasteiger partial charge on any atom is -0.483 e. The first-order valence-corrected chi connectivity index (χ1v) is 21.4. The molecule has 7 rings (SSSR count). The van der Waals surface area contributed by atoms with Crippen molar-refractivity contribution in [2.24, 2.45) is 22.7 Å². The van der Waals surface area contributed by atoms with E-state index in [1.807, 2.05) is 32.9 Å². The second kappa shape index (κ2) is 15.3. The van der Waals surface area contributed by atoms with Crippen molar-refractivity contribution in [1.29, 1.82) is 0 Å². The van der Waals surface area contributed by atoms with E-state index in [-0.39, 0.29) is 62.9 Å². The lowest BCUT2D eigenvalue weighted by Crippen LogP contribution is -2.48. The Balaban J connectivity index is 0.00000549. The fourth-order valence-corrected chi connectivity index (χ4v) is 10.0. The summed E-state index contributed by atoms with van der Waals surface area (Å²) in [7, 11) is -3.98. The molecule has 5 atom stereocenters. The molecule has 1 aromatic heterocycles. The summed E-state index contributed by atoms with van der Waals surface area (Å²) in [4.78, 5) is 62.7. The molecule has 0 bridgehead atoms. The van der Waals surface area contributed by atoms with Gasteiger partial charge in [-0.2, -0.15) is 0 Å². The van der Waals surface area contributed by atoms with E-state index in [0.29, 0.717) is 79.3 Å². The van der Waals surface area contributed by atoms with Crippen molar-refractivity contribution in [2.75, 3.05) is 13.2 Å². The predicted octanol–water partition coefficient (Wildman–Crippen LogP) is 7.20. The van der Waals surface area contributed by atoms with Gasteiger partial charge in [0.05, 0.1) is 47.0 Å². The molecule has 1 N–H and O–H groups in total. The van der Waals surface area contributed by atoms with E-state index in [4.69, 9.17) is 9.47 Å². The summed E-state index contributed by atoms with van der Waals surface area (Å²) >= 11 is 0. The third-order valence-electron chi connectivity index (χ3n) is 12.6. The van der Waals surface area contributed by atoms with Gasteiger partial charge in [0.25, 0.3) is 0 Å². The highest BCUT2D eigenvalue weighted by atomic mass is 32.2. The molecule has 57 heavy (non-hydrogen) atoms. The Morgan fingerprint density at radius 3 is 2.49 bits per heavy atom. The van der Waals surface area contributed by atoms with Crippen LogP contribution in [0.25, 0.3) is 10.9 Å². The van der Waals surface area contributed by atoms with Crippen LogP contribution in [0.3, 0.4) is 0 Å². The number of fused-ring (bicyclic) bond motifs is 5. The lowest BCUT2D eigenvalue weighted by atomic mass is 9.85. The Bertz CT molecular complexity index is 2110. The van der Waals surface area contributed by atoms with E-state index < -0.39 is 61.3 Å². The number of nitrogens with one attached hydrogen (secondary N) is 1. The van der Waals surface area contributed by atoms with Crippen LogP contribution in [0.2, 0.25) is 0 Å². The Morgan fingerprint density at radius 2 is 1.79 bits per heavy atom. The molecule has 1 spiro atoms. The van der Waals surface area contributed by atoms with Crippen LogP contribution in [0.1, 0.15) is 123 Å². The van der Waals surface area contributed by atoms with Crippen LogP contribution < -0.4 is 9.46 Å². The van der Waals surface area contributed by atoms with Gasteiger partial charge in [-0.3, -0.25) is 23.9 Å². The number of halogens is 2. The Kier molecular flexibility index (Phi) is 11.5. The Morgan fingerprint density at radius 1 is 1.07 bits per heavy atom. The number of rotatable bonds is 6. The third kappa shape index (κ3) is 8.48. The second-order valence-electron chi connectivity index (χ2n) is 18.4. The molecular formula is C43H57F2N3O8S. The zero-order valence-electron chi connectivity index (χ0n) is 33.0. The first-order chi connectivity index (χ1) is 26.3. The average Bonchev–Trinajstić information content (AvgIpc) is 4.01. The number of Topliss-reactive ketones (excluding diaryl/α,β-unsaturated/α-hetero) is 1. The standard InChI is InChI=1S/C42H53F2N3O8S.CH4/c1-25-36-28(29-18-30(43)31(44)19-32(29)45-25)13-14-41(55-36)21-33-34(48)22-42(38(51)46-56(52,53)40(5)15-16-40)20-27(42)12-10-8-6-7-9-11-26(37(50)47(33)23-41)17-35(49)54-24-39(2,3)4;/h10,12,18-19,26-27,33H,6-9,11,13-17,20-24H2,1-5H3,(H,46,51);1H4/b12-10-;/t26-,27-,33+,41-,42-;/m1./s1. The molecule has 2 aromatic rings. The number of pyridine rings is 1. The molecule has 1 aromatic carbocycles. The number of aryl methyl sites for hydroxylation is 2. The van der Waals surface area contributed by atoms with Crippen molar-refractivity contribution in [3.05, 3.63) is 47.2 Å². The molecule has 11 nitrogen and oxygen atoms in total. The van der Waals surface area contributed by atoms with E-state index in [1.165, 1.54) is 4.90 Å². The number of carbonyl (C=O) groups is 4. The lowest BCUT2D eigenvalue weighted by Gasteiger charge is -2.36. The maximum Gasteiger partial charge on any atom is 0.306 e. The first kappa shape index (κ1) is 42.7. The van der Waals surface area contributed by atoms with Crippen molar-refractivity contribution < 1.29 is 45.9 Å². The van der Waals surface area contributed by atoms with E-state index >= 15 is 0 Å². The zero-order chi connectivity index (χ0) is 40.4. The van der Waals surface area contributed by atoms with Crippen molar-refractivity contribution in [2.45, 2.75) is 142 Å². The number of sulfonamides is 1. The first-order valence-electron chi connectivity index (χ1n) is 20.0. The summed E-state index contributed by atoms with van der Waals surface area (Å²) in [5.74, 6) is -4.73. The molecule has 1 saturated heterocycles. The Hall–Kier alpha value is -3.94. The number of ketones is 1. The molecule has 2 aliphatic carbocycles. The van der Waals surface area contributed by atoms with Gasteiger partial charge in [-0.15, -0.1) is 0 Å². The van der Waals surface area contributed by atoms with E-state index in [9.17, 15) is 36.4 Å². The number of ether oxygens (including phenoxy) is 2. The van der Waals surface area contributed by atoms with Crippen molar-refractivity contribution in [3.63, 3.8) is 0 Å². The van der Waals surface area contributed by atoms with Gasteiger partial charge in [0.2, 0.25) is 21.8 Å². The smallest absolute Gasteiger partial charge is 0.306 e. The van der Waals surface area contributed by atoms with Crippen LogP contribution in [0.4, 0.5) is 8.78 Å². The van der Waals surface area contributed by atoms with Crippen LogP contribution in [-0.4, -0.2) is 71.4 Å². The van der Waals surface area contributed by atoms with Crippen LogP contribution in [0.5, 0.6) is 5.75 Å². The summed E-state index contributed by atoms with van der Waals surface area (Å²) in [6, 6.07) is 1.14. The summed E-state index contributed by atoms with van der Waals surface area (Å²) < 4.78 is 68.7. The molecular weight excluding hydrogens is 757 g/mol. The molecule has 14 heteroatoms. The molecule has 0 radical (unpaired) electrons. The number of hydrogen-bond donors (Lipinski definition) is 1. The van der Waals surface area contributed by atoms with Gasteiger partial charge in [-0.1, -0.05) is 53.2 Å². The summed E-state index contributed by atoms with van der Waals surface area (Å²) in [5, 5.41) is 0.420. The number of aromatic nitrogens is 1. The lowest BCUT2D eigenvalue weighted by molar-refractivity contribution is -0.152. The zero-order valence-corrected chi connectivity index (χ0v) is 33.8. The van der Waals surface area contributed by atoms with Gasteiger partial charge in [-0.05, 0) is 82.6 Å². The number of hydrogen-bond acceptors (Lipinski definition) is 9. The highest BCUT2D eigenvalue weighted by molar-refractivity contribution is 7.91. The molecule has 2 saturated carbocycles. The highest BCUT2D eigenvalue weighted by Crippen LogP contribution is 2.58. The topological polar surface area (TPSA) is 149 Å². The molecule has 5 aliphatic rings. The maximum absolute atomic E-state index is 14.8. The van der Waals surface area contributed by atoms with Gasteiger partial charge in [0, 0.05) is 35.8 Å². The number of amides is 2. The van der Waals surface area contributed by atoms with Gasteiger partial charge < -0.3 is 14.4 Å². The number of nitrogens with zero attached hydrogens (tertiary/aromatic N) is 2. The minimum atomic E-state index is -3.98. The van der Waals surface area contributed by atoms with Crippen molar-refractivity contribution in [1.82, 2.24) is 14.6 Å². The number of carbonyl (C=O) groups excluding carboxylic acids is 4. The highest BCUT2D eigenvalue weighted by Gasteiger charge is 2.63. The summed E-state index contributed by atoms with van der Waals surface area (Å²) in [6.07, 6.45) is 8.82. The van der Waals surface area contributed by atoms with Gasteiger partial charge in [0.1, 0.15) is 11.4 Å². The average molecular weight is 814 g/mol. The monoisotopic (exact) mass is 813 g/mol. The van der Waals surface area contributed by atoms with E-state index in [1.54, 1.807) is 13.8 Å². The molecule has 4 heterocycles. The maximum atomic E-state index is 14.8. The fourth-order valence-electron chi connectivity index (χ4n) is 8.71. The van der Waals surface area contributed by atoms with Crippen LogP contribution in [0.15, 0.2) is 24.3 Å². The number of esters is 1. The van der Waals surface area contributed by atoms with Crippen LogP contribution >= 0.6 is 0 Å². The Labute approximate surface area is 334 Å². The molecule has 312 valence electrons. The van der Waals surface area contributed by atoms with E-state index in [2.05, 4.69) is 9.71 Å². The third-order valence-corrected chi connectivity index (χ3v) is 14.7. The predicted molar refractivity (Wildman–Crippen MR) is 211 cm³/mol. The largest absolute Gasteiger partial charge is 0.483 e. The minimum absolute atomic E-state index is 0. The van der Waals surface area contributed by atoms with Crippen molar-refractivity contribution >= 4 is 44.5 Å². The van der Waals surface area contributed by atoms with Crippen LogP contribution in [0, 0.1) is 41.2 Å². The normalized spacial score (nSPS) is 29.1. The van der Waals surface area contributed by atoms with Crippen LogP contribution in [-0.2, 0) is 40.4 Å². The summed E-state index contributed by atoms with van der Waals surface area (Å²) in [5.41, 5.74) is -1.24. The SMILES string of the molecule is C.Cc1nc2cc(F)c(F)cc2c2c1O[C@]1(CC2)C[C@H]2C(=O)C[C@]3(C(=O)NS(=O)(=O)C4(C)CC4)C[C@H]3/C=C\CCCCC[C@H](CC(=O)OCC(C)(C)C)C(=O)N2C1. The number of allylic oxidation sites excluding steroid dienone is 2. The quantitative estimate of drug-likeness (QED) is 0.236. The van der Waals surface area contributed by atoms with Gasteiger partial charge in [-0.25, -0.2) is 22.2 Å². The van der Waals surface area contributed by atoms with Gasteiger partial charge >= 0.3 is 5.97 Å².